The summed E-state index contributed by atoms with van der Waals surface area (Å²) in [6.45, 7) is 10.3. The van der Waals surface area contributed by atoms with Gasteiger partial charge < -0.3 is 4.74 Å². The minimum Gasteiger partial charge on any atom is -0.374 e. The molecule has 158 valence electrons. The van der Waals surface area contributed by atoms with E-state index < -0.39 is 26.6 Å². The molecule has 0 aliphatic carbocycles. The van der Waals surface area contributed by atoms with Crippen molar-refractivity contribution in [1.29, 1.82) is 0 Å². The SMILES string of the molecule is CC(C)CN1CCO[C@@H](CN2CCN(S(=O)(=O)c3cc(F)ccc3F)CC2)C1. The van der Waals surface area contributed by atoms with Crippen LogP contribution < -0.4 is 0 Å². The van der Waals surface area contributed by atoms with E-state index in [2.05, 4.69) is 23.6 Å². The molecule has 3 rings (SSSR count). The van der Waals surface area contributed by atoms with Gasteiger partial charge in [0.2, 0.25) is 10.0 Å². The molecule has 6 nitrogen and oxygen atoms in total. The first kappa shape index (κ1) is 21.6. The van der Waals surface area contributed by atoms with Gasteiger partial charge in [-0.05, 0) is 24.1 Å². The largest absolute Gasteiger partial charge is 0.374 e. The summed E-state index contributed by atoms with van der Waals surface area (Å²) in [5.41, 5.74) is 0. The van der Waals surface area contributed by atoms with Gasteiger partial charge in [0.15, 0.2) is 0 Å². The predicted molar refractivity (Wildman–Crippen MR) is 103 cm³/mol. The summed E-state index contributed by atoms with van der Waals surface area (Å²) in [7, 11) is -4.04. The van der Waals surface area contributed by atoms with Gasteiger partial charge >= 0.3 is 0 Å². The molecule has 2 heterocycles. The van der Waals surface area contributed by atoms with E-state index in [4.69, 9.17) is 4.74 Å². The first-order chi connectivity index (χ1) is 13.3. The number of morpholine rings is 1. The van der Waals surface area contributed by atoms with E-state index in [-0.39, 0.29) is 19.2 Å². The highest BCUT2D eigenvalue weighted by atomic mass is 32.2. The number of halogens is 2. The molecular formula is C19H29F2N3O3S. The number of benzene rings is 1. The Hall–Kier alpha value is -1.13. The summed E-state index contributed by atoms with van der Waals surface area (Å²) in [5.74, 6) is -1.08. The smallest absolute Gasteiger partial charge is 0.246 e. The molecule has 2 aliphatic heterocycles. The van der Waals surface area contributed by atoms with Gasteiger partial charge in [-0.25, -0.2) is 17.2 Å². The van der Waals surface area contributed by atoms with Crippen LogP contribution in [0.15, 0.2) is 23.1 Å². The van der Waals surface area contributed by atoms with Crippen LogP contribution in [-0.4, -0.2) is 87.6 Å². The molecule has 0 amide bonds. The third-order valence-corrected chi connectivity index (χ3v) is 7.06. The van der Waals surface area contributed by atoms with Gasteiger partial charge in [-0.15, -0.1) is 0 Å². The number of hydrogen-bond donors (Lipinski definition) is 0. The molecule has 0 saturated carbocycles. The van der Waals surface area contributed by atoms with Crippen molar-refractivity contribution in [2.75, 3.05) is 59.0 Å². The molecule has 0 radical (unpaired) electrons. The zero-order chi connectivity index (χ0) is 20.3. The summed E-state index contributed by atoms with van der Waals surface area (Å²) in [5, 5.41) is 0. The highest BCUT2D eigenvalue weighted by Gasteiger charge is 2.32. The van der Waals surface area contributed by atoms with Gasteiger partial charge in [-0.1, -0.05) is 13.8 Å². The van der Waals surface area contributed by atoms with Crippen molar-refractivity contribution in [2.45, 2.75) is 24.8 Å². The second-order valence-electron chi connectivity index (χ2n) is 7.93. The van der Waals surface area contributed by atoms with Crippen molar-refractivity contribution in [3.63, 3.8) is 0 Å². The number of hydrogen-bond acceptors (Lipinski definition) is 5. The van der Waals surface area contributed by atoms with Crippen molar-refractivity contribution in [3.05, 3.63) is 29.8 Å². The summed E-state index contributed by atoms with van der Waals surface area (Å²) in [6.07, 6.45) is 0.108. The van der Waals surface area contributed by atoms with Crippen LogP contribution in [0, 0.1) is 17.6 Å². The lowest BCUT2D eigenvalue weighted by molar-refractivity contribution is -0.0486. The van der Waals surface area contributed by atoms with E-state index in [1.54, 1.807) is 0 Å². The molecule has 9 heteroatoms. The molecule has 2 fully saturated rings. The van der Waals surface area contributed by atoms with Crippen LogP contribution in [0.1, 0.15) is 13.8 Å². The maximum atomic E-state index is 13.9. The Bertz CT molecular complexity index is 768. The molecular weight excluding hydrogens is 388 g/mol. The number of nitrogens with zero attached hydrogens (tertiary/aromatic N) is 3. The second kappa shape index (κ2) is 9.13. The molecule has 28 heavy (non-hydrogen) atoms. The van der Waals surface area contributed by atoms with E-state index in [1.165, 1.54) is 4.31 Å². The Morgan fingerprint density at radius 1 is 1.11 bits per heavy atom. The number of rotatable bonds is 6. The highest BCUT2D eigenvalue weighted by Crippen LogP contribution is 2.22. The van der Waals surface area contributed by atoms with Crippen molar-refractivity contribution in [3.8, 4) is 0 Å². The summed E-state index contributed by atoms with van der Waals surface area (Å²) in [6, 6.07) is 2.51. The normalized spacial score (nSPS) is 23.4. The maximum Gasteiger partial charge on any atom is 0.246 e. The zero-order valence-electron chi connectivity index (χ0n) is 16.5. The maximum absolute atomic E-state index is 13.9. The second-order valence-corrected chi connectivity index (χ2v) is 9.83. The van der Waals surface area contributed by atoms with Crippen LogP contribution in [-0.2, 0) is 14.8 Å². The van der Waals surface area contributed by atoms with Gasteiger partial charge in [0.1, 0.15) is 16.5 Å². The first-order valence-electron chi connectivity index (χ1n) is 9.77. The van der Waals surface area contributed by atoms with E-state index in [1.807, 2.05) is 0 Å². The van der Waals surface area contributed by atoms with Crippen LogP contribution in [0.5, 0.6) is 0 Å². The Morgan fingerprint density at radius 3 is 2.50 bits per heavy atom. The molecule has 1 aromatic rings. The fourth-order valence-electron chi connectivity index (χ4n) is 3.83. The minimum absolute atomic E-state index is 0.108. The van der Waals surface area contributed by atoms with Crippen LogP contribution in [0.25, 0.3) is 0 Å². The molecule has 1 atom stereocenters. The Morgan fingerprint density at radius 2 is 1.82 bits per heavy atom. The zero-order valence-corrected chi connectivity index (χ0v) is 17.3. The molecule has 0 bridgehead atoms. The average Bonchev–Trinajstić information content (AvgIpc) is 2.64. The van der Waals surface area contributed by atoms with Gasteiger partial charge in [0, 0.05) is 52.4 Å². The van der Waals surface area contributed by atoms with Crippen LogP contribution in [0.2, 0.25) is 0 Å². The lowest BCUT2D eigenvalue weighted by Gasteiger charge is -2.39. The minimum atomic E-state index is -4.04. The van der Waals surface area contributed by atoms with Gasteiger partial charge in [-0.3, -0.25) is 9.80 Å². The fraction of sp³-hybridized carbons (Fsp3) is 0.684. The summed E-state index contributed by atoms with van der Waals surface area (Å²) < 4.78 is 59.8. The molecule has 2 aliphatic rings. The van der Waals surface area contributed by atoms with Crippen LogP contribution in [0.4, 0.5) is 8.78 Å². The lowest BCUT2D eigenvalue weighted by Crippen LogP contribution is -2.53. The van der Waals surface area contributed by atoms with Gasteiger partial charge in [0.25, 0.3) is 0 Å². The standard InChI is InChI=1S/C19H29F2N3O3S/c1-15(2)12-23-9-10-27-17(14-23)13-22-5-7-24(8-6-22)28(25,26)19-11-16(20)3-4-18(19)21/h3-4,11,15,17H,5-10,12-14H2,1-2H3/t17-/m0/s1. The summed E-state index contributed by atoms with van der Waals surface area (Å²) in [4.78, 5) is 3.99. The molecule has 2 saturated heterocycles. The monoisotopic (exact) mass is 417 g/mol. The van der Waals surface area contributed by atoms with E-state index >= 15 is 0 Å². The lowest BCUT2D eigenvalue weighted by atomic mass is 10.1. The Kier molecular flexibility index (Phi) is 7.03. The van der Waals surface area contributed by atoms with Crippen molar-refractivity contribution >= 4 is 10.0 Å². The van der Waals surface area contributed by atoms with Crippen molar-refractivity contribution in [2.24, 2.45) is 5.92 Å². The molecule has 1 aromatic carbocycles. The van der Waals surface area contributed by atoms with E-state index in [0.29, 0.717) is 25.6 Å². The predicted octanol–water partition coefficient (Wildman–Crippen LogP) is 1.63. The first-order valence-corrected chi connectivity index (χ1v) is 11.2. The Balaban J connectivity index is 1.55. The third kappa shape index (κ3) is 5.27. The molecule has 0 N–H and O–H groups in total. The molecule has 0 unspecified atom stereocenters. The number of piperazine rings is 1. The van der Waals surface area contributed by atoms with Crippen molar-refractivity contribution < 1.29 is 21.9 Å². The molecule has 0 aromatic heterocycles. The van der Waals surface area contributed by atoms with Gasteiger partial charge in [-0.2, -0.15) is 4.31 Å². The summed E-state index contributed by atoms with van der Waals surface area (Å²) >= 11 is 0. The number of sulfonamides is 1. The molecule has 0 spiro atoms. The number of ether oxygens (including phenoxy) is 1. The highest BCUT2D eigenvalue weighted by molar-refractivity contribution is 7.89. The van der Waals surface area contributed by atoms with Crippen LogP contribution >= 0.6 is 0 Å². The van der Waals surface area contributed by atoms with Gasteiger partial charge in [0.05, 0.1) is 12.7 Å². The van der Waals surface area contributed by atoms with Crippen LogP contribution in [0.3, 0.4) is 0 Å². The fourth-order valence-corrected chi connectivity index (χ4v) is 5.33. The van der Waals surface area contributed by atoms with E-state index in [9.17, 15) is 17.2 Å². The topological polar surface area (TPSA) is 53.1 Å². The van der Waals surface area contributed by atoms with Crippen molar-refractivity contribution in [1.82, 2.24) is 14.1 Å². The Labute approximate surface area is 166 Å². The van der Waals surface area contributed by atoms with E-state index in [0.717, 1.165) is 44.4 Å². The average molecular weight is 418 g/mol. The third-order valence-electron chi connectivity index (χ3n) is 5.15. The quantitative estimate of drug-likeness (QED) is 0.704.